The number of carbonyl (C=O) groups is 2. The highest BCUT2D eigenvalue weighted by Gasteiger charge is 2.37. The highest BCUT2D eigenvalue weighted by Crippen LogP contribution is 2.46. The van der Waals surface area contributed by atoms with Crippen molar-refractivity contribution in [3.05, 3.63) is 64.7 Å². The Hall–Kier alpha value is -3.19. The van der Waals surface area contributed by atoms with Crippen molar-refractivity contribution >= 4 is 23.3 Å². The molecule has 3 rings (SSSR count). The summed E-state index contributed by atoms with van der Waals surface area (Å²) in [5, 5.41) is 26.6. The lowest BCUT2D eigenvalue weighted by atomic mass is 9.63. The molecule has 1 aliphatic carbocycles. The SMILES string of the molecule is CCCCCCCCCC(O)ON=C(C(=O)Nc1ccc(C(=O)O)cc1)c1ccc2c(c1)C(C)(C)CCC2(C)C. The lowest BCUT2D eigenvalue weighted by Crippen LogP contribution is -2.34. The van der Waals surface area contributed by atoms with E-state index in [9.17, 15) is 19.8 Å². The van der Waals surface area contributed by atoms with E-state index in [0.29, 0.717) is 17.7 Å². The third kappa shape index (κ3) is 8.40. The van der Waals surface area contributed by atoms with Crippen LogP contribution in [-0.4, -0.2) is 34.1 Å². The van der Waals surface area contributed by atoms with Crippen molar-refractivity contribution in [2.24, 2.45) is 5.16 Å². The van der Waals surface area contributed by atoms with E-state index in [2.05, 4.69) is 51.2 Å². The summed E-state index contributed by atoms with van der Waals surface area (Å²) in [7, 11) is 0. The summed E-state index contributed by atoms with van der Waals surface area (Å²) < 4.78 is 0. The van der Waals surface area contributed by atoms with E-state index < -0.39 is 18.2 Å². The summed E-state index contributed by atoms with van der Waals surface area (Å²) in [6.07, 6.45) is 9.32. The Morgan fingerprint density at radius 1 is 0.875 bits per heavy atom. The third-order valence-corrected chi connectivity index (χ3v) is 8.05. The van der Waals surface area contributed by atoms with Crippen molar-refractivity contribution in [3.63, 3.8) is 0 Å². The molecule has 0 saturated carbocycles. The number of benzene rings is 2. The minimum atomic E-state index is -1.11. The first-order chi connectivity index (χ1) is 18.9. The zero-order valence-corrected chi connectivity index (χ0v) is 24.8. The number of rotatable bonds is 14. The quantitative estimate of drug-likeness (QED) is 0.0974. The molecule has 1 amide bonds. The van der Waals surface area contributed by atoms with E-state index in [0.717, 1.165) is 32.1 Å². The van der Waals surface area contributed by atoms with Crippen molar-refractivity contribution in [3.8, 4) is 0 Å². The van der Waals surface area contributed by atoms with Crippen LogP contribution in [0.5, 0.6) is 0 Å². The van der Waals surface area contributed by atoms with Gasteiger partial charge in [-0.25, -0.2) is 4.79 Å². The number of aliphatic hydroxyl groups excluding tert-OH is 1. The number of carboxylic acids is 1. The molecule has 0 radical (unpaired) electrons. The Bertz CT molecular complexity index is 1180. The van der Waals surface area contributed by atoms with Crippen LogP contribution in [0.15, 0.2) is 47.6 Å². The highest BCUT2D eigenvalue weighted by molar-refractivity contribution is 6.48. The van der Waals surface area contributed by atoms with E-state index >= 15 is 0 Å². The number of amides is 1. The molecule has 0 fully saturated rings. The van der Waals surface area contributed by atoms with Gasteiger partial charge in [0.2, 0.25) is 6.29 Å². The molecule has 0 saturated heterocycles. The molecule has 2 aromatic rings. The van der Waals surface area contributed by atoms with Gasteiger partial charge in [-0.05, 0) is 71.6 Å². The average molecular weight is 551 g/mol. The molecule has 0 aromatic heterocycles. The van der Waals surface area contributed by atoms with Gasteiger partial charge in [0.1, 0.15) is 0 Å². The molecule has 0 spiro atoms. The van der Waals surface area contributed by atoms with Crippen LogP contribution in [0.25, 0.3) is 0 Å². The fourth-order valence-electron chi connectivity index (χ4n) is 5.29. The van der Waals surface area contributed by atoms with Crippen LogP contribution in [0.4, 0.5) is 5.69 Å². The van der Waals surface area contributed by atoms with Crippen molar-refractivity contribution < 1.29 is 24.6 Å². The van der Waals surface area contributed by atoms with E-state index in [1.165, 1.54) is 61.1 Å². The number of fused-ring (bicyclic) bond motifs is 1. The predicted molar refractivity (Wildman–Crippen MR) is 160 cm³/mol. The zero-order chi connectivity index (χ0) is 29.3. The summed E-state index contributed by atoms with van der Waals surface area (Å²) in [5.74, 6) is -1.54. The van der Waals surface area contributed by atoms with Crippen molar-refractivity contribution in [2.45, 2.75) is 116 Å². The minimum Gasteiger partial charge on any atom is -0.478 e. The standard InChI is InChI=1S/C33H46N2O5/c1-6-7-8-9-10-11-12-13-28(36)40-35-29(30(37)34-25-17-14-23(15-18-25)31(38)39)24-16-19-26-27(22-24)33(4,5)21-20-32(26,2)3/h14-19,22,28,36H,6-13,20-21H2,1-5H3,(H,34,37)(H,38,39). The summed E-state index contributed by atoms with van der Waals surface area (Å²) in [6.45, 7) is 11.1. The van der Waals surface area contributed by atoms with Gasteiger partial charge in [0, 0.05) is 17.7 Å². The van der Waals surface area contributed by atoms with Crippen LogP contribution < -0.4 is 5.32 Å². The second kappa shape index (κ2) is 13.9. The molecule has 7 heteroatoms. The molecule has 3 N–H and O–H groups in total. The molecular weight excluding hydrogens is 504 g/mol. The topological polar surface area (TPSA) is 108 Å². The van der Waals surface area contributed by atoms with Gasteiger partial charge in [0.25, 0.3) is 5.91 Å². The molecular formula is C33H46N2O5. The van der Waals surface area contributed by atoms with Gasteiger partial charge in [0.15, 0.2) is 5.71 Å². The molecule has 1 unspecified atom stereocenters. The maximum Gasteiger partial charge on any atom is 0.335 e. The number of oxime groups is 1. The van der Waals surface area contributed by atoms with Gasteiger partial charge in [-0.15, -0.1) is 0 Å². The molecule has 218 valence electrons. The fraction of sp³-hybridized carbons (Fsp3) is 0.545. The summed E-state index contributed by atoms with van der Waals surface area (Å²) in [5.41, 5.74) is 3.63. The van der Waals surface area contributed by atoms with Gasteiger partial charge in [-0.3, -0.25) is 4.79 Å². The Labute approximate surface area is 239 Å². The molecule has 7 nitrogen and oxygen atoms in total. The Morgan fingerprint density at radius 3 is 2.08 bits per heavy atom. The van der Waals surface area contributed by atoms with Crippen LogP contribution >= 0.6 is 0 Å². The number of aromatic carboxylic acids is 1. The number of carboxylic acid groups (broad SMARTS) is 1. The second-order valence-electron chi connectivity index (χ2n) is 12.3. The molecule has 0 aliphatic heterocycles. The number of aliphatic hydroxyl groups is 1. The van der Waals surface area contributed by atoms with Gasteiger partial charge < -0.3 is 20.4 Å². The maximum atomic E-state index is 13.5. The Balaban J connectivity index is 1.81. The van der Waals surface area contributed by atoms with E-state index in [4.69, 9.17) is 4.84 Å². The number of hydrogen-bond acceptors (Lipinski definition) is 5. The smallest absolute Gasteiger partial charge is 0.335 e. The normalized spacial score (nSPS) is 16.6. The van der Waals surface area contributed by atoms with E-state index in [1.54, 1.807) is 0 Å². The van der Waals surface area contributed by atoms with E-state index in [1.807, 2.05) is 12.1 Å². The molecule has 0 bridgehead atoms. The number of hydrogen-bond donors (Lipinski definition) is 3. The average Bonchev–Trinajstić information content (AvgIpc) is 2.91. The third-order valence-electron chi connectivity index (χ3n) is 8.05. The second-order valence-corrected chi connectivity index (χ2v) is 12.3. The fourth-order valence-corrected chi connectivity index (χ4v) is 5.29. The Morgan fingerprint density at radius 2 is 1.45 bits per heavy atom. The monoisotopic (exact) mass is 550 g/mol. The summed E-state index contributed by atoms with van der Waals surface area (Å²) >= 11 is 0. The number of nitrogens with one attached hydrogen (secondary N) is 1. The minimum absolute atomic E-state index is 0.0259. The maximum absolute atomic E-state index is 13.5. The van der Waals surface area contributed by atoms with Crippen molar-refractivity contribution in [2.75, 3.05) is 5.32 Å². The van der Waals surface area contributed by atoms with Crippen LogP contribution in [0.1, 0.15) is 126 Å². The first-order valence-corrected chi connectivity index (χ1v) is 14.7. The van der Waals surface area contributed by atoms with Crippen LogP contribution in [0.2, 0.25) is 0 Å². The molecule has 2 aromatic carbocycles. The number of anilines is 1. The van der Waals surface area contributed by atoms with Crippen LogP contribution in [0, 0.1) is 0 Å². The molecule has 1 atom stereocenters. The predicted octanol–water partition coefficient (Wildman–Crippen LogP) is 7.55. The number of nitrogens with zero attached hydrogens (tertiary/aromatic N) is 1. The Kier molecular flexibility index (Phi) is 10.9. The van der Waals surface area contributed by atoms with Crippen LogP contribution in [0.3, 0.4) is 0 Å². The summed E-state index contributed by atoms with van der Waals surface area (Å²) in [4.78, 5) is 30.1. The zero-order valence-electron chi connectivity index (χ0n) is 24.8. The first kappa shape index (κ1) is 31.3. The highest BCUT2D eigenvalue weighted by atomic mass is 16.7. The largest absolute Gasteiger partial charge is 0.478 e. The first-order valence-electron chi connectivity index (χ1n) is 14.7. The number of unbranched alkanes of at least 4 members (excludes halogenated alkanes) is 6. The number of carbonyl (C=O) groups excluding carboxylic acids is 1. The van der Waals surface area contributed by atoms with Gasteiger partial charge in [-0.1, -0.05) is 90.4 Å². The van der Waals surface area contributed by atoms with Crippen LogP contribution in [-0.2, 0) is 20.5 Å². The van der Waals surface area contributed by atoms with Gasteiger partial charge in [0.05, 0.1) is 5.56 Å². The molecule has 40 heavy (non-hydrogen) atoms. The van der Waals surface area contributed by atoms with E-state index in [-0.39, 0.29) is 22.1 Å². The van der Waals surface area contributed by atoms with Crippen molar-refractivity contribution in [1.82, 2.24) is 0 Å². The lowest BCUT2D eigenvalue weighted by molar-refractivity contribution is -0.113. The molecule has 0 heterocycles. The lowest BCUT2D eigenvalue weighted by Gasteiger charge is -2.42. The van der Waals surface area contributed by atoms with Crippen molar-refractivity contribution in [1.29, 1.82) is 0 Å². The molecule has 1 aliphatic rings. The summed E-state index contributed by atoms with van der Waals surface area (Å²) in [6, 6.07) is 11.9. The van der Waals surface area contributed by atoms with Gasteiger partial charge >= 0.3 is 5.97 Å². The van der Waals surface area contributed by atoms with Gasteiger partial charge in [-0.2, -0.15) is 0 Å².